The van der Waals surface area contributed by atoms with E-state index in [0.717, 1.165) is 24.3 Å². The average molecular weight is 421 g/mol. The van der Waals surface area contributed by atoms with Crippen LogP contribution in [0.15, 0.2) is 54.7 Å². The van der Waals surface area contributed by atoms with Crippen molar-refractivity contribution >= 4 is 29.0 Å². The first-order valence-corrected chi connectivity index (χ1v) is 9.04. The Bertz CT molecular complexity index is 1200. The van der Waals surface area contributed by atoms with Gasteiger partial charge in [0, 0.05) is 31.5 Å². The lowest BCUT2D eigenvalue weighted by Crippen LogP contribution is -2.18. The summed E-state index contributed by atoms with van der Waals surface area (Å²) in [5.41, 5.74) is 0.0839. The van der Waals surface area contributed by atoms with Crippen LogP contribution >= 0.6 is 0 Å². The fourth-order valence-corrected chi connectivity index (χ4v) is 2.81. The normalized spacial score (nSPS) is 10.2. The standard InChI is InChI=1S/C22H17F2N5O2/c1-29(2)20-19(4-3-7-26-20)28-21(30)14-9-15(23)11-16(10-14)27-22(31)17-6-5-13(12-25)8-18(17)24/h3-11H,1-2H3,(H,27,31)(H,28,30). The zero-order valence-corrected chi connectivity index (χ0v) is 16.6. The van der Waals surface area contributed by atoms with Crippen LogP contribution in [0.25, 0.3) is 0 Å². The van der Waals surface area contributed by atoms with Gasteiger partial charge in [0.2, 0.25) is 0 Å². The van der Waals surface area contributed by atoms with Gasteiger partial charge < -0.3 is 15.5 Å². The molecule has 156 valence electrons. The molecular weight excluding hydrogens is 404 g/mol. The van der Waals surface area contributed by atoms with Crippen LogP contribution in [-0.4, -0.2) is 30.9 Å². The van der Waals surface area contributed by atoms with Gasteiger partial charge in [0.25, 0.3) is 11.8 Å². The number of aromatic nitrogens is 1. The number of nitrogens with zero attached hydrogens (tertiary/aromatic N) is 3. The minimum absolute atomic E-state index is 0.0297. The van der Waals surface area contributed by atoms with E-state index in [-0.39, 0.29) is 22.4 Å². The lowest BCUT2D eigenvalue weighted by Gasteiger charge is -2.16. The van der Waals surface area contributed by atoms with Crippen LogP contribution in [0.5, 0.6) is 0 Å². The summed E-state index contributed by atoms with van der Waals surface area (Å²) >= 11 is 0. The third-order valence-corrected chi connectivity index (χ3v) is 4.22. The largest absolute Gasteiger partial charge is 0.361 e. The van der Waals surface area contributed by atoms with Crippen LogP contribution in [0.1, 0.15) is 26.3 Å². The summed E-state index contributed by atoms with van der Waals surface area (Å²) in [5.74, 6) is -2.60. The molecule has 0 spiro atoms. The predicted octanol–water partition coefficient (Wildman–Crippen LogP) is 3.80. The first kappa shape index (κ1) is 21.4. The second-order valence-electron chi connectivity index (χ2n) is 6.71. The molecule has 7 nitrogen and oxygen atoms in total. The van der Waals surface area contributed by atoms with Gasteiger partial charge in [-0.25, -0.2) is 13.8 Å². The minimum Gasteiger partial charge on any atom is -0.361 e. The van der Waals surface area contributed by atoms with Crippen molar-refractivity contribution < 1.29 is 18.4 Å². The molecule has 0 aliphatic heterocycles. The SMILES string of the molecule is CN(C)c1ncccc1NC(=O)c1cc(F)cc(NC(=O)c2ccc(C#N)cc2F)c1. The van der Waals surface area contributed by atoms with E-state index in [9.17, 15) is 18.4 Å². The van der Waals surface area contributed by atoms with Gasteiger partial charge >= 0.3 is 0 Å². The quantitative estimate of drug-likeness (QED) is 0.653. The molecule has 0 radical (unpaired) electrons. The Labute approximate surface area is 176 Å². The van der Waals surface area contributed by atoms with Crippen LogP contribution in [0.4, 0.5) is 26.0 Å². The first-order valence-electron chi connectivity index (χ1n) is 9.04. The molecule has 3 aromatic rings. The molecular formula is C22H17F2N5O2. The lowest BCUT2D eigenvalue weighted by molar-refractivity contribution is 0.101. The Hall–Kier alpha value is -4.32. The van der Waals surface area contributed by atoms with Crippen molar-refractivity contribution in [2.24, 2.45) is 0 Å². The molecule has 2 amide bonds. The van der Waals surface area contributed by atoms with Crippen molar-refractivity contribution in [2.45, 2.75) is 0 Å². The minimum atomic E-state index is -0.890. The monoisotopic (exact) mass is 421 g/mol. The summed E-state index contributed by atoms with van der Waals surface area (Å²) in [7, 11) is 3.52. The van der Waals surface area contributed by atoms with Gasteiger partial charge in [-0.1, -0.05) is 0 Å². The number of nitriles is 1. The van der Waals surface area contributed by atoms with E-state index >= 15 is 0 Å². The van der Waals surface area contributed by atoms with Crippen LogP contribution in [0, 0.1) is 23.0 Å². The van der Waals surface area contributed by atoms with E-state index in [1.807, 2.05) is 0 Å². The van der Waals surface area contributed by atoms with E-state index in [1.54, 1.807) is 43.4 Å². The van der Waals surface area contributed by atoms with Gasteiger partial charge in [0.15, 0.2) is 5.82 Å². The summed E-state index contributed by atoms with van der Waals surface area (Å²) < 4.78 is 28.2. The summed E-state index contributed by atoms with van der Waals surface area (Å²) in [6, 6.07) is 11.7. The van der Waals surface area contributed by atoms with Crippen molar-refractivity contribution in [1.29, 1.82) is 5.26 Å². The van der Waals surface area contributed by atoms with Crippen LogP contribution in [0.3, 0.4) is 0 Å². The highest BCUT2D eigenvalue weighted by molar-refractivity contribution is 6.08. The first-order chi connectivity index (χ1) is 14.8. The average Bonchev–Trinajstić information content (AvgIpc) is 2.73. The number of halogens is 2. The molecule has 3 rings (SSSR count). The third kappa shape index (κ3) is 5.00. The number of pyridine rings is 1. The Balaban J connectivity index is 1.83. The number of rotatable bonds is 5. The highest BCUT2D eigenvalue weighted by atomic mass is 19.1. The topological polar surface area (TPSA) is 98.1 Å². The number of nitrogens with one attached hydrogen (secondary N) is 2. The maximum Gasteiger partial charge on any atom is 0.258 e. The van der Waals surface area contributed by atoms with Crippen molar-refractivity contribution in [3.63, 3.8) is 0 Å². The summed E-state index contributed by atoms with van der Waals surface area (Å²) in [5, 5.41) is 13.8. The summed E-state index contributed by atoms with van der Waals surface area (Å²) in [6.45, 7) is 0. The molecule has 0 fully saturated rings. The van der Waals surface area contributed by atoms with Crippen molar-refractivity contribution in [3.05, 3.63) is 83.1 Å². The lowest BCUT2D eigenvalue weighted by atomic mass is 10.1. The summed E-state index contributed by atoms with van der Waals surface area (Å²) in [4.78, 5) is 30.9. The van der Waals surface area contributed by atoms with E-state index in [1.165, 1.54) is 12.1 Å². The molecule has 0 bridgehead atoms. The molecule has 9 heteroatoms. The smallest absolute Gasteiger partial charge is 0.258 e. The molecule has 31 heavy (non-hydrogen) atoms. The van der Waals surface area contributed by atoms with Gasteiger partial charge in [0.05, 0.1) is 22.9 Å². The van der Waals surface area contributed by atoms with Gasteiger partial charge in [0.1, 0.15) is 11.6 Å². The second kappa shape index (κ2) is 9.00. The van der Waals surface area contributed by atoms with Gasteiger partial charge in [-0.2, -0.15) is 5.26 Å². The summed E-state index contributed by atoms with van der Waals surface area (Å²) in [6.07, 6.45) is 1.57. The van der Waals surface area contributed by atoms with Gasteiger partial charge in [-0.15, -0.1) is 0 Å². The molecule has 0 aliphatic rings. The van der Waals surface area contributed by atoms with Crippen molar-refractivity contribution in [1.82, 2.24) is 4.98 Å². The number of hydrogen-bond acceptors (Lipinski definition) is 5. The van der Waals surface area contributed by atoms with Gasteiger partial charge in [-0.05, 0) is 48.5 Å². The van der Waals surface area contributed by atoms with Crippen molar-refractivity contribution in [3.8, 4) is 6.07 Å². The zero-order chi connectivity index (χ0) is 22.5. The maximum atomic E-state index is 14.1. The molecule has 1 aromatic heterocycles. The van der Waals surface area contributed by atoms with Crippen LogP contribution < -0.4 is 15.5 Å². The number of anilines is 3. The molecule has 1 heterocycles. The fourth-order valence-electron chi connectivity index (χ4n) is 2.81. The fraction of sp³-hybridized carbons (Fsp3) is 0.0909. The molecule has 0 unspecified atom stereocenters. The number of benzene rings is 2. The maximum absolute atomic E-state index is 14.1. The molecule has 0 saturated carbocycles. The molecule has 0 saturated heterocycles. The Morgan fingerprint density at radius 2 is 1.81 bits per heavy atom. The second-order valence-corrected chi connectivity index (χ2v) is 6.71. The number of carbonyl (C=O) groups excluding carboxylic acids is 2. The van der Waals surface area contributed by atoms with E-state index in [2.05, 4.69) is 15.6 Å². The Kier molecular flexibility index (Phi) is 6.21. The molecule has 0 atom stereocenters. The molecule has 2 N–H and O–H groups in total. The van der Waals surface area contributed by atoms with E-state index in [4.69, 9.17) is 5.26 Å². The molecule has 2 aromatic carbocycles. The Morgan fingerprint density at radius 1 is 1.03 bits per heavy atom. The predicted molar refractivity (Wildman–Crippen MR) is 112 cm³/mol. The van der Waals surface area contributed by atoms with Crippen LogP contribution in [-0.2, 0) is 0 Å². The van der Waals surface area contributed by atoms with Gasteiger partial charge in [-0.3, -0.25) is 9.59 Å². The Morgan fingerprint density at radius 3 is 2.48 bits per heavy atom. The van der Waals surface area contributed by atoms with Crippen LogP contribution in [0.2, 0.25) is 0 Å². The highest BCUT2D eigenvalue weighted by Gasteiger charge is 2.16. The highest BCUT2D eigenvalue weighted by Crippen LogP contribution is 2.23. The number of carbonyl (C=O) groups is 2. The number of amides is 2. The van der Waals surface area contributed by atoms with Crippen molar-refractivity contribution in [2.75, 3.05) is 29.6 Å². The third-order valence-electron chi connectivity index (χ3n) is 4.22. The van der Waals surface area contributed by atoms with E-state index in [0.29, 0.717) is 11.5 Å². The number of hydrogen-bond donors (Lipinski definition) is 2. The van der Waals surface area contributed by atoms with E-state index < -0.39 is 23.4 Å². The zero-order valence-electron chi connectivity index (χ0n) is 16.6. The molecule has 0 aliphatic carbocycles.